The quantitative estimate of drug-likeness (QED) is 0.782. The fourth-order valence-electron chi connectivity index (χ4n) is 2.77. The van der Waals surface area contributed by atoms with E-state index in [1.54, 1.807) is 0 Å². The number of benzene rings is 1. The third kappa shape index (κ3) is 1.54. The van der Waals surface area contributed by atoms with Crippen LogP contribution in [0.25, 0.3) is 11.0 Å². The minimum absolute atomic E-state index is 0.0300. The van der Waals surface area contributed by atoms with Crippen molar-refractivity contribution in [2.45, 2.75) is 32.2 Å². The molecule has 0 spiro atoms. The van der Waals surface area contributed by atoms with E-state index in [2.05, 4.69) is 9.55 Å². The number of anilines is 1. The van der Waals surface area contributed by atoms with E-state index < -0.39 is 5.97 Å². The minimum atomic E-state index is -1.02. The molecule has 1 aliphatic heterocycles. The smallest absolute Gasteiger partial charge is 0.113 e. The lowest BCUT2D eigenvalue weighted by atomic mass is 10.0. The Morgan fingerprint density at radius 2 is 2.39 bits per heavy atom. The summed E-state index contributed by atoms with van der Waals surface area (Å²) in [6.07, 6.45) is 0.836. The summed E-state index contributed by atoms with van der Waals surface area (Å²) < 4.78 is 2.08. The lowest BCUT2D eigenvalue weighted by Crippen LogP contribution is -2.24. The van der Waals surface area contributed by atoms with Gasteiger partial charge >= 0.3 is 0 Å². The zero-order chi connectivity index (χ0) is 12.9. The van der Waals surface area contributed by atoms with E-state index in [1.807, 2.05) is 19.1 Å². The summed E-state index contributed by atoms with van der Waals surface area (Å²) >= 11 is 0. The molecule has 2 aromatic rings. The number of aliphatic carboxylic acids is 1. The lowest BCUT2D eigenvalue weighted by Gasteiger charge is -2.07. The summed E-state index contributed by atoms with van der Waals surface area (Å²) in [7, 11) is 0. The topological polar surface area (TPSA) is 84.0 Å². The van der Waals surface area contributed by atoms with E-state index in [0.717, 1.165) is 35.4 Å². The molecular formula is C13H14N3O2-. The molecule has 18 heavy (non-hydrogen) atoms. The molecule has 0 radical (unpaired) electrons. The number of aryl methyl sites for hydroxylation is 2. The first-order chi connectivity index (χ1) is 8.56. The average Bonchev–Trinajstić information content (AvgIpc) is 2.79. The van der Waals surface area contributed by atoms with E-state index >= 15 is 0 Å². The summed E-state index contributed by atoms with van der Waals surface area (Å²) in [6.45, 7) is 2.79. The van der Waals surface area contributed by atoms with Crippen LogP contribution in [0.3, 0.4) is 0 Å². The van der Waals surface area contributed by atoms with Gasteiger partial charge in [0.2, 0.25) is 0 Å². The normalized spacial score (nSPS) is 18.2. The predicted molar refractivity (Wildman–Crippen MR) is 65.9 cm³/mol. The van der Waals surface area contributed by atoms with Gasteiger partial charge in [0.25, 0.3) is 0 Å². The molecule has 5 nitrogen and oxygen atoms in total. The van der Waals surface area contributed by atoms with Crippen molar-refractivity contribution in [3.05, 3.63) is 23.5 Å². The van der Waals surface area contributed by atoms with Crippen LogP contribution in [0.2, 0.25) is 0 Å². The van der Waals surface area contributed by atoms with Crippen molar-refractivity contribution < 1.29 is 9.90 Å². The van der Waals surface area contributed by atoms with Crippen molar-refractivity contribution >= 4 is 22.7 Å². The molecule has 5 heteroatoms. The average molecular weight is 244 g/mol. The van der Waals surface area contributed by atoms with Gasteiger partial charge < -0.3 is 20.2 Å². The Labute approximate surface area is 104 Å². The van der Waals surface area contributed by atoms with E-state index in [4.69, 9.17) is 5.73 Å². The first kappa shape index (κ1) is 11.1. The maximum absolute atomic E-state index is 10.7. The first-order valence-corrected chi connectivity index (χ1v) is 6.02. The van der Waals surface area contributed by atoms with E-state index in [9.17, 15) is 9.90 Å². The zero-order valence-electron chi connectivity index (χ0n) is 10.1. The molecule has 1 unspecified atom stereocenters. The molecular weight excluding hydrogens is 230 g/mol. The number of hydrogen-bond donors (Lipinski definition) is 1. The van der Waals surface area contributed by atoms with Gasteiger partial charge in [-0.3, -0.25) is 0 Å². The number of carbonyl (C=O) groups excluding carboxylic acids is 1. The third-order valence-electron chi connectivity index (χ3n) is 3.54. The number of carboxylic acid groups (broad SMARTS) is 1. The van der Waals surface area contributed by atoms with E-state index in [-0.39, 0.29) is 12.3 Å². The highest BCUT2D eigenvalue weighted by Gasteiger charge is 2.27. The van der Waals surface area contributed by atoms with Crippen molar-refractivity contribution in [2.75, 3.05) is 5.73 Å². The number of carboxylic acids is 1. The second kappa shape index (κ2) is 3.73. The van der Waals surface area contributed by atoms with Crippen LogP contribution in [-0.4, -0.2) is 15.5 Å². The monoisotopic (exact) mass is 244 g/mol. The molecule has 1 aromatic carbocycles. The highest BCUT2D eigenvalue weighted by molar-refractivity contribution is 5.88. The number of nitrogen functional groups attached to an aromatic ring is 1. The van der Waals surface area contributed by atoms with Crippen LogP contribution < -0.4 is 10.8 Å². The molecule has 0 amide bonds. The number of rotatable bonds is 2. The van der Waals surface area contributed by atoms with Gasteiger partial charge in [-0.2, -0.15) is 0 Å². The van der Waals surface area contributed by atoms with Gasteiger partial charge in [0.1, 0.15) is 11.3 Å². The van der Waals surface area contributed by atoms with E-state index in [1.165, 1.54) is 0 Å². The summed E-state index contributed by atoms with van der Waals surface area (Å²) in [4.78, 5) is 15.2. The van der Waals surface area contributed by atoms with Gasteiger partial charge in [-0.15, -0.1) is 0 Å². The molecule has 2 N–H and O–H groups in total. The first-order valence-electron chi connectivity index (χ1n) is 6.02. The maximum Gasteiger partial charge on any atom is 0.113 e. The molecule has 2 heterocycles. The molecule has 1 aromatic heterocycles. The zero-order valence-corrected chi connectivity index (χ0v) is 10.1. The fourth-order valence-corrected chi connectivity index (χ4v) is 2.77. The Hall–Kier alpha value is -2.04. The Kier molecular flexibility index (Phi) is 2.29. The van der Waals surface area contributed by atoms with Gasteiger partial charge in [0.05, 0.1) is 11.2 Å². The standard InChI is InChI=1S/C13H15N3O2/c1-7-4-9(14)12-10(5-7)16-3-2-8(6-11(17)18)13(16)15-12/h4-5,8H,2-3,6,14H2,1H3,(H,17,18)/p-1. The predicted octanol–water partition coefficient (Wildman–Crippen LogP) is 0.554. The maximum atomic E-state index is 10.7. The van der Waals surface area contributed by atoms with Crippen LogP contribution in [0.4, 0.5) is 5.69 Å². The molecule has 94 valence electrons. The number of fused-ring (bicyclic) bond motifs is 3. The molecule has 0 aliphatic carbocycles. The number of imidazole rings is 1. The van der Waals surface area contributed by atoms with Crippen LogP contribution in [0, 0.1) is 6.92 Å². The van der Waals surface area contributed by atoms with Crippen LogP contribution in [0.1, 0.15) is 30.1 Å². The number of hydrogen-bond acceptors (Lipinski definition) is 4. The molecule has 0 bridgehead atoms. The summed E-state index contributed by atoms with van der Waals surface area (Å²) in [5.74, 6) is -0.252. The van der Waals surface area contributed by atoms with Crippen molar-refractivity contribution in [1.29, 1.82) is 0 Å². The number of nitrogens with zero attached hydrogens (tertiary/aromatic N) is 2. The lowest BCUT2D eigenvalue weighted by molar-refractivity contribution is -0.306. The van der Waals surface area contributed by atoms with Gasteiger partial charge in [-0.25, -0.2) is 4.98 Å². The van der Waals surface area contributed by atoms with Crippen LogP contribution in [-0.2, 0) is 11.3 Å². The summed E-state index contributed by atoms with van der Waals surface area (Å²) in [5, 5.41) is 10.7. The van der Waals surface area contributed by atoms with Gasteiger partial charge in [-0.05, 0) is 37.5 Å². The van der Waals surface area contributed by atoms with Gasteiger partial charge in [0, 0.05) is 18.4 Å². The minimum Gasteiger partial charge on any atom is -0.550 e. The molecule has 0 fully saturated rings. The highest BCUT2D eigenvalue weighted by atomic mass is 16.4. The Bertz CT molecular complexity index is 645. The van der Waals surface area contributed by atoms with Crippen LogP contribution >= 0.6 is 0 Å². The number of nitrogens with two attached hydrogens (primary N) is 1. The Morgan fingerprint density at radius 3 is 3.11 bits per heavy atom. The molecule has 1 atom stereocenters. The van der Waals surface area contributed by atoms with Crippen LogP contribution in [0.5, 0.6) is 0 Å². The largest absolute Gasteiger partial charge is 0.550 e. The SMILES string of the molecule is Cc1cc(N)c2nc3n(c2c1)CCC3CC(=O)[O-]. The number of carbonyl (C=O) groups is 1. The Morgan fingerprint density at radius 1 is 1.61 bits per heavy atom. The molecule has 0 saturated heterocycles. The Balaban J connectivity index is 2.15. The molecule has 1 aliphatic rings. The fraction of sp³-hybridized carbons (Fsp3) is 0.385. The van der Waals surface area contributed by atoms with Gasteiger partial charge in [0.15, 0.2) is 0 Å². The summed E-state index contributed by atoms with van der Waals surface area (Å²) in [5.41, 5.74) is 9.48. The van der Waals surface area contributed by atoms with Crippen molar-refractivity contribution in [3.8, 4) is 0 Å². The molecule has 3 rings (SSSR count). The van der Waals surface area contributed by atoms with Gasteiger partial charge in [-0.1, -0.05) is 0 Å². The summed E-state index contributed by atoms with van der Waals surface area (Å²) in [6, 6.07) is 3.93. The van der Waals surface area contributed by atoms with Crippen molar-refractivity contribution in [1.82, 2.24) is 9.55 Å². The third-order valence-corrected chi connectivity index (χ3v) is 3.54. The van der Waals surface area contributed by atoms with Crippen molar-refractivity contribution in [3.63, 3.8) is 0 Å². The highest BCUT2D eigenvalue weighted by Crippen LogP contribution is 2.35. The number of aromatic nitrogens is 2. The molecule has 0 saturated carbocycles. The second-order valence-electron chi connectivity index (χ2n) is 4.91. The van der Waals surface area contributed by atoms with E-state index in [0.29, 0.717) is 5.69 Å². The second-order valence-corrected chi connectivity index (χ2v) is 4.91. The van der Waals surface area contributed by atoms with Crippen LogP contribution in [0.15, 0.2) is 12.1 Å². The van der Waals surface area contributed by atoms with Crippen molar-refractivity contribution in [2.24, 2.45) is 0 Å².